The minimum absolute atomic E-state index is 0.0370. The maximum Gasteiger partial charge on any atom is 0.349 e. The van der Waals surface area contributed by atoms with Crippen molar-refractivity contribution in [1.82, 2.24) is 14.2 Å². The normalized spacial score (nSPS) is 11.5. The van der Waals surface area contributed by atoms with Crippen molar-refractivity contribution in [3.63, 3.8) is 0 Å². The lowest BCUT2D eigenvalue weighted by Crippen LogP contribution is -2.32. The average Bonchev–Trinajstić information content (AvgIpc) is 3.17. The Labute approximate surface area is 186 Å². The number of benzene rings is 3. The van der Waals surface area contributed by atoms with E-state index in [9.17, 15) is 19.7 Å². The third kappa shape index (κ3) is 3.72. The summed E-state index contributed by atoms with van der Waals surface area (Å²) in [4.78, 5) is 38.3. The molecule has 33 heavy (non-hydrogen) atoms. The van der Waals surface area contributed by atoms with Gasteiger partial charge in [0.05, 0.1) is 22.0 Å². The Kier molecular flexibility index (Phi) is 4.91. The lowest BCUT2D eigenvalue weighted by molar-refractivity contribution is -0.384. The molecule has 0 aliphatic rings. The molecule has 0 spiro atoms. The van der Waals surface area contributed by atoms with Crippen LogP contribution in [-0.4, -0.2) is 25.4 Å². The number of nitro benzene ring substituents is 1. The van der Waals surface area contributed by atoms with Crippen LogP contribution in [0.15, 0.2) is 93.7 Å². The Morgan fingerprint density at radius 2 is 1.64 bits per heavy atom. The fourth-order valence-corrected chi connectivity index (χ4v) is 3.81. The summed E-state index contributed by atoms with van der Waals surface area (Å²) in [7, 11) is 0. The van der Waals surface area contributed by atoms with Crippen LogP contribution >= 0.6 is 0 Å². The summed E-state index contributed by atoms with van der Waals surface area (Å²) < 4.78 is 2.80. The van der Waals surface area contributed by atoms with Crippen molar-refractivity contribution in [3.05, 3.63) is 121 Å². The predicted octanol–water partition coefficient (Wildman–Crippen LogP) is 3.48. The van der Waals surface area contributed by atoms with Crippen LogP contribution in [0.4, 0.5) is 5.69 Å². The van der Waals surface area contributed by atoms with Gasteiger partial charge in [0.25, 0.3) is 11.2 Å². The average molecular weight is 439 g/mol. The summed E-state index contributed by atoms with van der Waals surface area (Å²) in [6, 6.07) is 20.8. The molecule has 0 saturated carbocycles. The van der Waals surface area contributed by atoms with E-state index in [0.29, 0.717) is 17.4 Å². The van der Waals surface area contributed by atoms with Crippen LogP contribution in [0.25, 0.3) is 21.8 Å². The van der Waals surface area contributed by atoms with Gasteiger partial charge < -0.3 is 9.55 Å². The Morgan fingerprint density at radius 1 is 0.939 bits per heavy atom. The molecule has 0 fully saturated rings. The van der Waals surface area contributed by atoms with Crippen LogP contribution in [0.3, 0.4) is 0 Å². The highest BCUT2D eigenvalue weighted by atomic mass is 16.6. The number of rotatable bonds is 5. The third-order valence-electron chi connectivity index (χ3n) is 5.42. The van der Waals surface area contributed by atoms with Crippen LogP contribution in [0.1, 0.15) is 11.1 Å². The highest BCUT2D eigenvalue weighted by Crippen LogP contribution is 2.22. The van der Waals surface area contributed by atoms with Crippen molar-refractivity contribution in [2.45, 2.75) is 6.54 Å². The first-order valence-corrected chi connectivity index (χ1v) is 10.1. The second-order valence-corrected chi connectivity index (χ2v) is 7.49. The first-order chi connectivity index (χ1) is 16.0. The quantitative estimate of drug-likeness (QED) is 0.256. The highest BCUT2D eigenvalue weighted by molar-refractivity contribution is 5.99. The zero-order valence-electron chi connectivity index (χ0n) is 17.2. The lowest BCUT2D eigenvalue weighted by Gasteiger charge is -2.05. The Morgan fingerprint density at radius 3 is 2.39 bits per heavy atom. The standard InChI is InChI=1S/C24H17N5O4/c30-23-20-6-1-3-7-21(20)26-24(31)28(23)25-13-17-15-27(22-8-4-2-5-19(17)22)14-16-9-11-18(12-10-16)29(32)33/h1-13,15H,14H2,(H,26,31). The van der Waals surface area contributed by atoms with E-state index in [4.69, 9.17) is 0 Å². The van der Waals surface area contributed by atoms with Crippen molar-refractivity contribution < 1.29 is 4.92 Å². The number of fused-ring (bicyclic) bond motifs is 2. The molecular weight excluding hydrogens is 422 g/mol. The number of nitro groups is 1. The number of aromatic amines is 1. The molecule has 3 aromatic carbocycles. The molecule has 2 heterocycles. The van der Waals surface area contributed by atoms with Gasteiger partial charge in [-0.05, 0) is 23.8 Å². The molecule has 0 amide bonds. The van der Waals surface area contributed by atoms with Crippen LogP contribution in [0.5, 0.6) is 0 Å². The van der Waals surface area contributed by atoms with Crippen molar-refractivity contribution in [2.24, 2.45) is 5.10 Å². The summed E-state index contributed by atoms with van der Waals surface area (Å²) in [5.41, 5.74) is 1.93. The van der Waals surface area contributed by atoms with Crippen LogP contribution in [0, 0.1) is 10.1 Å². The van der Waals surface area contributed by atoms with Crippen LogP contribution in [0.2, 0.25) is 0 Å². The van der Waals surface area contributed by atoms with E-state index in [1.807, 2.05) is 35.0 Å². The molecule has 5 aromatic rings. The topological polar surface area (TPSA) is 115 Å². The lowest BCUT2D eigenvalue weighted by atomic mass is 10.2. The van der Waals surface area contributed by atoms with E-state index in [0.717, 1.165) is 26.7 Å². The molecule has 5 rings (SSSR count). The molecule has 0 atom stereocenters. The number of hydrogen-bond donors (Lipinski definition) is 1. The highest BCUT2D eigenvalue weighted by Gasteiger charge is 2.10. The zero-order valence-corrected chi connectivity index (χ0v) is 17.2. The molecule has 0 saturated heterocycles. The van der Waals surface area contributed by atoms with Crippen LogP contribution in [-0.2, 0) is 6.54 Å². The summed E-state index contributed by atoms with van der Waals surface area (Å²) in [6.45, 7) is 0.489. The van der Waals surface area contributed by atoms with Gasteiger partial charge in [-0.1, -0.05) is 42.5 Å². The molecule has 9 nitrogen and oxygen atoms in total. The molecule has 1 N–H and O–H groups in total. The molecule has 0 aliphatic carbocycles. The number of aromatic nitrogens is 3. The Bertz CT molecular complexity index is 1660. The number of nitrogens with one attached hydrogen (secondary N) is 1. The van der Waals surface area contributed by atoms with E-state index in [1.165, 1.54) is 18.3 Å². The molecule has 162 valence electrons. The van der Waals surface area contributed by atoms with Gasteiger partial charge in [-0.25, -0.2) is 4.79 Å². The van der Waals surface area contributed by atoms with Gasteiger partial charge in [0, 0.05) is 41.3 Å². The summed E-state index contributed by atoms with van der Waals surface area (Å²) in [6.07, 6.45) is 3.36. The van der Waals surface area contributed by atoms with E-state index in [2.05, 4.69) is 10.1 Å². The molecule has 2 aromatic heterocycles. The maximum absolute atomic E-state index is 12.7. The fourth-order valence-electron chi connectivity index (χ4n) is 3.81. The van der Waals surface area contributed by atoms with E-state index >= 15 is 0 Å². The number of hydrogen-bond acceptors (Lipinski definition) is 5. The number of H-pyrrole nitrogens is 1. The van der Waals surface area contributed by atoms with Crippen molar-refractivity contribution in [2.75, 3.05) is 0 Å². The first-order valence-electron chi connectivity index (χ1n) is 10.1. The van der Waals surface area contributed by atoms with Crippen molar-refractivity contribution in [1.29, 1.82) is 0 Å². The Hall–Kier alpha value is -4.79. The van der Waals surface area contributed by atoms with E-state index in [1.54, 1.807) is 36.4 Å². The van der Waals surface area contributed by atoms with Gasteiger partial charge in [0.2, 0.25) is 0 Å². The molecular formula is C24H17N5O4. The maximum atomic E-state index is 12.7. The predicted molar refractivity (Wildman–Crippen MR) is 126 cm³/mol. The van der Waals surface area contributed by atoms with E-state index in [-0.39, 0.29) is 5.69 Å². The minimum Gasteiger partial charge on any atom is -0.342 e. The second-order valence-electron chi connectivity index (χ2n) is 7.49. The fraction of sp³-hybridized carbons (Fsp3) is 0.0417. The molecule has 0 unspecified atom stereocenters. The van der Waals surface area contributed by atoms with Gasteiger partial charge in [0.1, 0.15) is 0 Å². The molecule has 9 heteroatoms. The van der Waals surface area contributed by atoms with Gasteiger partial charge >= 0.3 is 5.69 Å². The monoisotopic (exact) mass is 439 g/mol. The zero-order chi connectivity index (χ0) is 22.9. The molecule has 0 radical (unpaired) electrons. The van der Waals surface area contributed by atoms with Gasteiger partial charge in [-0.3, -0.25) is 14.9 Å². The Balaban J connectivity index is 1.54. The second kappa shape index (κ2) is 8.04. The first kappa shape index (κ1) is 20.1. The van der Waals surface area contributed by atoms with Gasteiger partial charge in [0.15, 0.2) is 0 Å². The largest absolute Gasteiger partial charge is 0.349 e. The third-order valence-corrected chi connectivity index (χ3v) is 5.42. The number of para-hydroxylation sites is 2. The van der Waals surface area contributed by atoms with Gasteiger partial charge in [-0.2, -0.15) is 5.10 Å². The van der Waals surface area contributed by atoms with Crippen LogP contribution < -0.4 is 11.2 Å². The van der Waals surface area contributed by atoms with Gasteiger partial charge in [-0.15, -0.1) is 4.68 Å². The summed E-state index contributed by atoms with van der Waals surface area (Å²) >= 11 is 0. The minimum atomic E-state index is -0.621. The molecule has 0 bridgehead atoms. The van der Waals surface area contributed by atoms with Crippen molar-refractivity contribution >= 4 is 33.7 Å². The smallest absolute Gasteiger partial charge is 0.342 e. The van der Waals surface area contributed by atoms with Crippen molar-refractivity contribution in [3.8, 4) is 0 Å². The SMILES string of the molecule is O=c1[nH]c2ccccc2c(=O)n1N=Cc1cn(Cc2ccc([N+](=O)[O-])cc2)c2ccccc12. The number of non-ortho nitro benzene ring substituents is 1. The molecule has 0 aliphatic heterocycles. The summed E-state index contributed by atoms with van der Waals surface area (Å²) in [5.74, 6) is 0. The number of nitrogens with zero attached hydrogens (tertiary/aromatic N) is 4. The summed E-state index contributed by atoms with van der Waals surface area (Å²) in [5, 5.41) is 16.3. The van der Waals surface area contributed by atoms with E-state index < -0.39 is 16.2 Å².